The van der Waals surface area contributed by atoms with E-state index in [4.69, 9.17) is 4.74 Å². The quantitative estimate of drug-likeness (QED) is 0.782. The molecule has 0 amide bonds. The van der Waals surface area contributed by atoms with Crippen LogP contribution in [0.25, 0.3) is 0 Å². The zero-order valence-electron chi connectivity index (χ0n) is 16.0. The predicted molar refractivity (Wildman–Crippen MR) is 95.2 cm³/mol. The molecule has 3 unspecified atom stereocenters. The van der Waals surface area contributed by atoms with Gasteiger partial charge in [-0.15, -0.1) is 0 Å². The highest BCUT2D eigenvalue weighted by Crippen LogP contribution is 2.84. The topological polar surface area (TPSA) is 49.8 Å². The molecule has 5 saturated heterocycles. The van der Waals surface area contributed by atoms with Crippen LogP contribution >= 0.6 is 0 Å². The fourth-order valence-corrected chi connectivity index (χ4v) is 10.7. The molecule has 0 aromatic rings. The fraction of sp³-hybridized carbons (Fsp3) is 0.955. The summed E-state index contributed by atoms with van der Waals surface area (Å²) in [5, 5.41) is 10.2. The molecule has 5 heterocycles. The summed E-state index contributed by atoms with van der Waals surface area (Å²) in [4.78, 5) is 15.1. The van der Waals surface area contributed by atoms with E-state index in [0.717, 1.165) is 24.7 Å². The van der Waals surface area contributed by atoms with Crippen LogP contribution in [-0.2, 0) is 9.53 Å². The Hall–Kier alpha value is -0.610. The maximum absolute atomic E-state index is 12.4. The first-order chi connectivity index (χ1) is 12.5. The minimum atomic E-state index is -0.542. The van der Waals surface area contributed by atoms with Gasteiger partial charge in [0.25, 0.3) is 0 Å². The molecule has 9 aliphatic rings. The summed E-state index contributed by atoms with van der Waals surface area (Å²) < 4.78 is 7.22. The molecule has 26 heavy (non-hydrogen) atoms. The van der Waals surface area contributed by atoms with Gasteiger partial charge < -0.3 is 9.84 Å². The van der Waals surface area contributed by atoms with Gasteiger partial charge in [0.15, 0.2) is 0 Å². The maximum Gasteiger partial charge on any atom is 0.306 e. The van der Waals surface area contributed by atoms with Gasteiger partial charge in [0.1, 0.15) is 6.23 Å². The molecule has 5 aliphatic heterocycles. The zero-order valence-corrected chi connectivity index (χ0v) is 16.0. The minimum Gasteiger partial charge on any atom is -0.481 e. The van der Waals surface area contributed by atoms with Crippen molar-refractivity contribution in [2.45, 2.75) is 76.7 Å². The molecule has 0 aromatic carbocycles. The molecule has 4 aliphatic carbocycles. The first-order valence-electron chi connectivity index (χ1n) is 11.1. The van der Waals surface area contributed by atoms with E-state index in [0.29, 0.717) is 23.3 Å². The number of ether oxygens (including phenoxy) is 1. The number of piperidine rings is 1. The monoisotopic (exact) mass is 357 g/mol. The lowest BCUT2D eigenvalue weighted by atomic mass is 9.40. The Labute approximate surface area is 155 Å². The van der Waals surface area contributed by atoms with Gasteiger partial charge in [-0.3, -0.25) is 9.69 Å². The van der Waals surface area contributed by atoms with E-state index in [2.05, 4.69) is 18.7 Å². The Kier molecular flexibility index (Phi) is 2.47. The largest absolute Gasteiger partial charge is 0.481 e. The molecule has 0 aromatic heterocycles. The number of carboxylic acids is 1. The minimum absolute atomic E-state index is 0.0957. The molecular weight excluding hydrogens is 326 g/mol. The second-order valence-electron chi connectivity index (χ2n) is 11.2. The van der Waals surface area contributed by atoms with Gasteiger partial charge in [0.2, 0.25) is 0 Å². The third-order valence-corrected chi connectivity index (χ3v) is 11.2. The van der Waals surface area contributed by atoms with Crippen LogP contribution < -0.4 is 0 Å². The number of hydrogen-bond acceptors (Lipinski definition) is 3. The SMILES string of the molecule is C[C@@H]1CN2[C@@H]3O[C@]45[C@H]6CC[C@H]3C3(C)CC[C@H]1[C@H]2C34CC(C(=O)O)[C@H]5CC6. The number of aliphatic carboxylic acids is 1. The molecule has 1 N–H and O–H groups in total. The lowest BCUT2D eigenvalue weighted by Crippen LogP contribution is -2.81. The Morgan fingerprint density at radius 1 is 1.15 bits per heavy atom. The normalized spacial score (nSPS) is 66.8. The molecule has 4 saturated carbocycles. The third-order valence-electron chi connectivity index (χ3n) is 11.2. The van der Waals surface area contributed by atoms with E-state index in [1.807, 2.05) is 0 Å². The van der Waals surface area contributed by atoms with Crippen LogP contribution in [0.3, 0.4) is 0 Å². The lowest BCUT2D eigenvalue weighted by molar-refractivity contribution is -0.392. The molecule has 6 bridgehead atoms. The van der Waals surface area contributed by atoms with Crippen molar-refractivity contribution in [1.82, 2.24) is 4.90 Å². The van der Waals surface area contributed by atoms with Gasteiger partial charge in [-0.2, -0.15) is 0 Å². The summed E-state index contributed by atoms with van der Waals surface area (Å²) in [7, 11) is 0. The molecule has 2 spiro atoms. The number of rotatable bonds is 1. The van der Waals surface area contributed by atoms with Crippen LogP contribution in [0.5, 0.6) is 0 Å². The molecule has 4 nitrogen and oxygen atoms in total. The van der Waals surface area contributed by atoms with Crippen LogP contribution in [0.15, 0.2) is 0 Å². The highest BCUT2D eigenvalue weighted by molar-refractivity contribution is 5.72. The Morgan fingerprint density at radius 2 is 1.92 bits per heavy atom. The summed E-state index contributed by atoms with van der Waals surface area (Å²) in [6.45, 7) is 6.20. The van der Waals surface area contributed by atoms with Crippen molar-refractivity contribution < 1.29 is 14.6 Å². The van der Waals surface area contributed by atoms with Gasteiger partial charge in [-0.25, -0.2) is 0 Å². The highest BCUT2D eigenvalue weighted by Gasteiger charge is 2.88. The Balaban J connectivity index is 1.56. The summed E-state index contributed by atoms with van der Waals surface area (Å²) in [5.74, 6) is 2.29. The molecule has 11 atom stereocenters. The van der Waals surface area contributed by atoms with Crippen LogP contribution in [-0.4, -0.2) is 40.4 Å². The maximum atomic E-state index is 12.4. The van der Waals surface area contributed by atoms with Crippen LogP contribution in [0.2, 0.25) is 0 Å². The number of carboxylic acid groups (broad SMARTS) is 1. The van der Waals surface area contributed by atoms with Crippen molar-refractivity contribution in [3.8, 4) is 0 Å². The summed E-state index contributed by atoms with van der Waals surface area (Å²) in [6.07, 6.45) is 8.72. The summed E-state index contributed by atoms with van der Waals surface area (Å²) in [5.41, 5.74) is 0.268. The Bertz CT molecular complexity index is 724. The van der Waals surface area contributed by atoms with E-state index in [9.17, 15) is 9.90 Å². The second kappa shape index (κ2) is 4.20. The average Bonchev–Trinajstić information content (AvgIpc) is 3.16. The molecule has 0 radical (unpaired) electrons. The third kappa shape index (κ3) is 1.19. The van der Waals surface area contributed by atoms with Crippen molar-refractivity contribution in [2.24, 2.45) is 46.3 Å². The summed E-state index contributed by atoms with van der Waals surface area (Å²) in [6, 6.07) is 0.594. The number of hydrogen-bond donors (Lipinski definition) is 1. The first-order valence-corrected chi connectivity index (χ1v) is 11.1. The molecule has 142 valence electrons. The average molecular weight is 357 g/mol. The van der Waals surface area contributed by atoms with Gasteiger partial charge in [0, 0.05) is 29.8 Å². The predicted octanol–water partition coefficient (Wildman–Crippen LogP) is 3.36. The van der Waals surface area contributed by atoms with E-state index < -0.39 is 5.97 Å². The van der Waals surface area contributed by atoms with E-state index >= 15 is 0 Å². The van der Waals surface area contributed by atoms with Crippen molar-refractivity contribution in [2.75, 3.05) is 6.54 Å². The molecule has 4 heteroatoms. The van der Waals surface area contributed by atoms with Crippen LogP contribution in [0.4, 0.5) is 0 Å². The van der Waals surface area contributed by atoms with Gasteiger partial charge >= 0.3 is 5.97 Å². The molecule has 9 rings (SSSR count). The Morgan fingerprint density at radius 3 is 2.69 bits per heavy atom. The van der Waals surface area contributed by atoms with E-state index in [-0.39, 0.29) is 29.1 Å². The van der Waals surface area contributed by atoms with Gasteiger partial charge in [-0.1, -0.05) is 13.8 Å². The first kappa shape index (κ1) is 15.3. The second-order valence-corrected chi connectivity index (χ2v) is 11.2. The van der Waals surface area contributed by atoms with Crippen molar-refractivity contribution >= 4 is 5.97 Å². The highest BCUT2D eigenvalue weighted by atomic mass is 16.5. The van der Waals surface area contributed by atoms with Crippen LogP contribution in [0, 0.1) is 46.3 Å². The fourth-order valence-electron chi connectivity index (χ4n) is 10.7. The van der Waals surface area contributed by atoms with Crippen molar-refractivity contribution in [3.05, 3.63) is 0 Å². The standard InChI is InChI=1S/C22H31NO3/c1-11-10-23-17-13(11)7-8-20(2)16-6-4-12-3-5-15-14(19(24)25)9-21(17,20)22(12,15)26-18(16)23/h11-18H,3-10H2,1-2H3,(H,24,25)/t11-,12-,13-,14?,15-,16-,17+,18-,20?,21?,22+/m1/s1. The number of nitrogens with zero attached hydrogens (tertiary/aromatic N) is 1. The zero-order chi connectivity index (χ0) is 17.6. The van der Waals surface area contributed by atoms with Crippen LogP contribution in [0.1, 0.15) is 58.8 Å². The van der Waals surface area contributed by atoms with Gasteiger partial charge in [0.05, 0.1) is 11.5 Å². The van der Waals surface area contributed by atoms with Crippen molar-refractivity contribution in [3.63, 3.8) is 0 Å². The lowest BCUT2D eigenvalue weighted by Gasteiger charge is -2.76. The number of fused-ring (bicyclic) bond motifs is 1. The number of carbonyl (C=O) groups is 1. The van der Waals surface area contributed by atoms with E-state index in [1.54, 1.807) is 0 Å². The molecule has 9 fully saturated rings. The summed E-state index contributed by atoms with van der Waals surface area (Å²) >= 11 is 0. The van der Waals surface area contributed by atoms with E-state index in [1.165, 1.54) is 38.6 Å². The van der Waals surface area contributed by atoms with Crippen molar-refractivity contribution in [1.29, 1.82) is 0 Å². The molecular formula is C22H31NO3. The smallest absolute Gasteiger partial charge is 0.306 e. The van der Waals surface area contributed by atoms with Gasteiger partial charge in [-0.05, 0) is 68.1 Å².